The Balaban J connectivity index is 2.11. The van der Waals surface area contributed by atoms with Gasteiger partial charge in [0.2, 0.25) is 0 Å². The summed E-state index contributed by atoms with van der Waals surface area (Å²) in [6.45, 7) is 5.31. The highest BCUT2D eigenvalue weighted by Crippen LogP contribution is 2.22. The van der Waals surface area contributed by atoms with Gasteiger partial charge in [-0.3, -0.25) is 4.79 Å². The minimum absolute atomic E-state index is 0.207. The minimum Gasteiger partial charge on any atom is -0.348 e. The normalized spacial score (nSPS) is 20.3. The molecule has 0 heterocycles. The lowest BCUT2D eigenvalue weighted by atomic mass is 9.93. The van der Waals surface area contributed by atoms with Crippen LogP contribution < -0.4 is 5.32 Å². The minimum atomic E-state index is -0.643. The predicted octanol–water partition coefficient (Wildman–Crippen LogP) is 3.88. The summed E-state index contributed by atoms with van der Waals surface area (Å²) >= 11 is 0. The Kier molecular flexibility index (Phi) is 6.58. The molecule has 5 heteroatoms. The molecule has 2 aliphatic rings. The molecule has 5 nitrogen and oxygen atoms in total. The Labute approximate surface area is 144 Å². The number of nitrogens with zero attached hydrogens (tertiary/aromatic N) is 1. The second-order valence-corrected chi connectivity index (χ2v) is 7.85. The number of hydrogen-bond donors (Lipinski definition) is 1. The fourth-order valence-corrected chi connectivity index (χ4v) is 3.02. The summed E-state index contributed by atoms with van der Waals surface area (Å²) < 4.78 is 0. The van der Waals surface area contributed by atoms with Crippen molar-refractivity contribution < 1.29 is 14.4 Å². The van der Waals surface area contributed by atoms with Gasteiger partial charge in [-0.1, -0.05) is 30.5 Å². The van der Waals surface area contributed by atoms with Crippen LogP contribution in [0.4, 0.5) is 0 Å². The van der Waals surface area contributed by atoms with Crippen molar-refractivity contribution in [3.63, 3.8) is 0 Å². The molecule has 24 heavy (non-hydrogen) atoms. The molecule has 0 radical (unpaired) electrons. The molecule has 0 bridgehead atoms. The molecular weight excluding hydrogens is 304 g/mol. The monoisotopic (exact) mass is 334 g/mol. The predicted molar refractivity (Wildman–Crippen MR) is 94.5 cm³/mol. The van der Waals surface area contributed by atoms with Crippen LogP contribution in [0.1, 0.15) is 78.6 Å². The van der Waals surface area contributed by atoms with Crippen molar-refractivity contribution in [2.75, 3.05) is 0 Å². The summed E-state index contributed by atoms with van der Waals surface area (Å²) in [5.74, 6) is -0.640. The van der Waals surface area contributed by atoms with Crippen molar-refractivity contribution in [2.45, 2.75) is 84.6 Å². The number of hydrogen-bond acceptors (Lipinski definition) is 4. The van der Waals surface area contributed by atoms with Gasteiger partial charge in [-0.15, -0.1) is 0 Å². The lowest BCUT2D eigenvalue weighted by molar-refractivity contribution is -0.152. The Hall–Kier alpha value is -1.65. The van der Waals surface area contributed by atoms with E-state index in [2.05, 4.69) is 10.5 Å². The van der Waals surface area contributed by atoms with Gasteiger partial charge < -0.3 is 10.2 Å². The zero-order chi connectivity index (χ0) is 17.6. The third-order valence-electron chi connectivity index (χ3n) is 4.58. The molecule has 0 aromatic heterocycles. The van der Waals surface area contributed by atoms with E-state index in [1.807, 2.05) is 6.08 Å². The van der Waals surface area contributed by atoms with E-state index < -0.39 is 11.4 Å². The molecular formula is C19H30N2O3. The Morgan fingerprint density at radius 2 is 1.83 bits per heavy atom. The van der Waals surface area contributed by atoms with Crippen molar-refractivity contribution in [3.05, 3.63) is 11.6 Å². The van der Waals surface area contributed by atoms with Gasteiger partial charge in [0.25, 0.3) is 5.91 Å². The Bertz CT molecular complexity index is 523. The highest BCUT2D eigenvalue weighted by Gasteiger charge is 2.27. The largest absolute Gasteiger partial charge is 0.348 e. The van der Waals surface area contributed by atoms with Gasteiger partial charge in [0.1, 0.15) is 0 Å². The molecule has 0 atom stereocenters. The molecule has 1 N–H and O–H groups in total. The summed E-state index contributed by atoms with van der Waals surface area (Å²) in [5.41, 5.74) is 0.532. The molecule has 1 amide bonds. The van der Waals surface area contributed by atoms with Crippen molar-refractivity contribution in [1.29, 1.82) is 0 Å². The molecule has 2 aliphatic carbocycles. The molecule has 1 fully saturated rings. The van der Waals surface area contributed by atoms with Gasteiger partial charge in [0, 0.05) is 6.04 Å². The Morgan fingerprint density at radius 3 is 2.42 bits per heavy atom. The maximum absolute atomic E-state index is 12.7. The SMILES string of the molecule is CC(C)(C)C(=O)O/N=C(/C(=O)NC1CCCCC1)C1=CCCCC1. The van der Waals surface area contributed by atoms with Crippen molar-refractivity contribution in [1.82, 2.24) is 5.32 Å². The maximum atomic E-state index is 12.7. The van der Waals surface area contributed by atoms with Crippen LogP contribution in [0.25, 0.3) is 0 Å². The average Bonchev–Trinajstić information content (AvgIpc) is 2.56. The number of allylic oxidation sites excluding steroid dienone is 1. The lowest BCUT2D eigenvalue weighted by Gasteiger charge is -2.24. The Morgan fingerprint density at radius 1 is 1.12 bits per heavy atom. The van der Waals surface area contributed by atoms with Gasteiger partial charge in [-0.2, -0.15) is 0 Å². The van der Waals surface area contributed by atoms with Gasteiger partial charge in [0.15, 0.2) is 5.71 Å². The molecule has 0 spiro atoms. The first-order chi connectivity index (χ1) is 11.4. The van der Waals surface area contributed by atoms with Gasteiger partial charge in [-0.25, -0.2) is 4.79 Å². The van der Waals surface area contributed by atoms with Crippen LogP contribution in [0, 0.1) is 5.41 Å². The topological polar surface area (TPSA) is 67.8 Å². The molecule has 0 unspecified atom stereocenters. The number of rotatable bonds is 4. The van der Waals surface area contributed by atoms with Crippen molar-refractivity contribution in [3.8, 4) is 0 Å². The fourth-order valence-electron chi connectivity index (χ4n) is 3.02. The second kappa shape index (κ2) is 8.45. The van der Waals surface area contributed by atoms with E-state index in [9.17, 15) is 9.59 Å². The summed E-state index contributed by atoms with van der Waals surface area (Å²) in [7, 11) is 0. The molecule has 0 aromatic carbocycles. The lowest BCUT2D eigenvalue weighted by Crippen LogP contribution is -2.41. The third-order valence-corrected chi connectivity index (χ3v) is 4.58. The van der Waals surface area contributed by atoms with Crippen LogP contribution in [0.5, 0.6) is 0 Å². The van der Waals surface area contributed by atoms with Crippen molar-refractivity contribution in [2.24, 2.45) is 10.6 Å². The standard InChI is InChI=1S/C19H30N2O3/c1-19(2,3)18(23)24-21-16(14-10-6-4-7-11-14)17(22)20-15-12-8-5-9-13-15/h10,15H,4-9,11-13H2,1-3H3,(H,20,22)/b21-16+. The summed E-state index contributed by atoms with van der Waals surface area (Å²) in [6.07, 6.45) is 11.5. The van der Waals surface area contributed by atoms with Crippen LogP contribution in [-0.2, 0) is 14.4 Å². The molecule has 1 saturated carbocycles. The highest BCUT2D eigenvalue weighted by molar-refractivity contribution is 6.45. The van der Waals surface area contributed by atoms with Crippen LogP contribution >= 0.6 is 0 Å². The second-order valence-electron chi connectivity index (χ2n) is 7.85. The van der Waals surface area contributed by atoms with E-state index in [-0.39, 0.29) is 17.7 Å². The third kappa shape index (κ3) is 5.46. The quantitative estimate of drug-likeness (QED) is 0.482. The summed E-state index contributed by atoms with van der Waals surface area (Å²) in [5, 5.41) is 7.04. The fraction of sp³-hybridized carbons (Fsp3) is 0.737. The van der Waals surface area contributed by atoms with E-state index in [0.717, 1.165) is 56.9 Å². The smallest absolute Gasteiger partial charge is 0.340 e. The zero-order valence-electron chi connectivity index (χ0n) is 15.2. The van der Waals surface area contributed by atoms with Gasteiger partial charge >= 0.3 is 5.97 Å². The first-order valence-corrected chi connectivity index (χ1v) is 9.17. The molecule has 134 valence electrons. The van der Waals surface area contributed by atoms with Crippen LogP contribution in [-0.4, -0.2) is 23.6 Å². The zero-order valence-corrected chi connectivity index (χ0v) is 15.2. The van der Waals surface area contributed by atoms with Gasteiger partial charge in [0.05, 0.1) is 5.41 Å². The van der Waals surface area contributed by atoms with Crippen LogP contribution in [0.15, 0.2) is 16.8 Å². The first-order valence-electron chi connectivity index (χ1n) is 9.17. The summed E-state index contributed by atoms with van der Waals surface area (Å²) in [4.78, 5) is 29.8. The van der Waals surface area contributed by atoms with Crippen LogP contribution in [0.2, 0.25) is 0 Å². The van der Waals surface area contributed by atoms with E-state index in [1.165, 1.54) is 6.42 Å². The number of carbonyl (C=O) groups is 2. The maximum Gasteiger partial charge on any atom is 0.340 e. The molecule has 2 rings (SSSR count). The first kappa shape index (κ1) is 18.7. The molecule has 0 aromatic rings. The average molecular weight is 334 g/mol. The highest BCUT2D eigenvalue weighted by atomic mass is 16.7. The summed E-state index contributed by atoms with van der Waals surface area (Å²) in [6, 6.07) is 0.207. The van der Waals surface area contributed by atoms with E-state index in [1.54, 1.807) is 20.8 Å². The number of oxime groups is 1. The van der Waals surface area contributed by atoms with E-state index in [0.29, 0.717) is 0 Å². The van der Waals surface area contributed by atoms with Gasteiger partial charge in [-0.05, 0) is 64.9 Å². The van der Waals surface area contributed by atoms with E-state index >= 15 is 0 Å². The van der Waals surface area contributed by atoms with E-state index in [4.69, 9.17) is 4.84 Å². The number of nitrogens with one attached hydrogen (secondary N) is 1. The van der Waals surface area contributed by atoms with Crippen molar-refractivity contribution >= 4 is 17.6 Å². The molecule has 0 saturated heterocycles. The number of carbonyl (C=O) groups excluding carboxylic acids is 2. The van der Waals surface area contributed by atoms with Crippen LogP contribution in [0.3, 0.4) is 0 Å². The number of amides is 1. The molecule has 0 aliphatic heterocycles.